The van der Waals surface area contributed by atoms with Crippen LogP contribution in [0.5, 0.6) is 0 Å². The van der Waals surface area contributed by atoms with E-state index in [2.05, 4.69) is 14.4 Å². The van der Waals surface area contributed by atoms with Gasteiger partial charge in [-0.3, -0.25) is 4.79 Å². The summed E-state index contributed by atoms with van der Waals surface area (Å²) < 4.78 is 49.5. The predicted molar refractivity (Wildman–Crippen MR) is 69.7 cm³/mol. The molecule has 0 saturated carbocycles. The van der Waals surface area contributed by atoms with Crippen LogP contribution in [-0.4, -0.2) is 41.2 Å². The Morgan fingerprint density at radius 2 is 1.74 bits per heavy atom. The Morgan fingerprint density at radius 3 is 2.26 bits per heavy atom. The average molecular weight is 309 g/mol. The van der Waals surface area contributed by atoms with Crippen molar-refractivity contribution in [3.63, 3.8) is 0 Å². The quantitative estimate of drug-likeness (QED) is 0.534. The van der Waals surface area contributed by atoms with Gasteiger partial charge in [-0.05, 0) is 12.5 Å². The maximum Gasteiger partial charge on any atom is 0.247 e. The molecule has 0 fully saturated rings. The van der Waals surface area contributed by atoms with Crippen molar-refractivity contribution in [3.8, 4) is 0 Å². The number of nitrogens with one attached hydrogen (secondary N) is 3. The highest BCUT2D eigenvalue weighted by molar-refractivity contribution is 7.89. The molecule has 0 atom stereocenters. The molecule has 3 N–H and O–H groups in total. The Labute approximate surface area is 111 Å². The lowest BCUT2D eigenvalue weighted by Crippen LogP contribution is -2.29. The molecule has 0 radical (unpaired) electrons. The van der Waals surface area contributed by atoms with Crippen molar-refractivity contribution in [1.29, 1.82) is 0 Å². The van der Waals surface area contributed by atoms with Crippen LogP contribution in [0.4, 0.5) is 0 Å². The third-order valence-corrected chi connectivity index (χ3v) is 4.26. The van der Waals surface area contributed by atoms with Gasteiger partial charge in [-0.1, -0.05) is 0 Å². The standard InChI is InChI=1S/C9H15N3O5S2/c1-18(14,15)11-5-2-6-12-19(16,17)8-3-4-9(13)10-7-8/h3-4,7,11-12H,2,5-6H2,1H3,(H,10,13). The van der Waals surface area contributed by atoms with Gasteiger partial charge >= 0.3 is 0 Å². The molecule has 1 aromatic heterocycles. The van der Waals surface area contributed by atoms with Crippen LogP contribution in [0.2, 0.25) is 0 Å². The van der Waals surface area contributed by atoms with E-state index in [1.54, 1.807) is 0 Å². The van der Waals surface area contributed by atoms with Gasteiger partial charge in [-0.15, -0.1) is 0 Å². The number of rotatable bonds is 7. The molecule has 10 heteroatoms. The minimum Gasteiger partial charge on any atom is -0.328 e. The van der Waals surface area contributed by atoms with Crippen molar-refractivity contribution in [2.75, 3.05) is 19.3 Å². The van der Waals surface area contributed by atoms with Crippen molar-refractivity contribution in [3.05, 3.63) is 28.7 Å². The Morgan fingerprint density at radius 1 is 1.11 bits per heavy atom. The fourth-order valence-electron chi connectivity index (χ4n) is 1.20. The molecule has 0 amide bonds. The molecule has 19 heavy (non-hydrogen) atoms. The van der Waals surface area contributed by atoms with Gasteiger partial charge in [0.2, 0.25) is 25.6 Å². The first-order valence-electron chi connectivity index (χ1n) is 5.34. The maximum atomic E-state index is 11.7. The normalized spacial score (nSPS) is 12.5. The number of hydrogen-bond acceptors (Lipinski definition) is 5. The monoisotopic (exact) mass is 309 g/mol. The minimum absolute atomic E-state index is 0.0526. The number of H-pyrrole nitrogens is 1. The summed E-state index contributed by atoms with van der Waals surface area (Å²) in [6, 6.07) is 2.30. The lowest BCUT2D eigenvalue weighted by molar-refractivity contribution is 0.574. The largest absolute Gasteiger partial charge is 0.328 e. The van der Waals surface area contributed by atoms with E-state index in [1.165, 1.54) is 6.07 Å². The topological polar surface area (TPSA) is 125 Å². The predicted octanol–water partition coefficient (Wildman–Crippen LogP) is -1.41. The number of aromatic amines is 1. The first kappa shape index (κ1) is 15.8. The molecule has 0 aliphatic carbocycles. The van der Waals surface area contributed by atoms with Crippen molar-refractivity contribution in [2.45, 2.75) is 11.3 Å². The average Bonchev–Trinajstić information content (AvgIpc) is 2.27. The zero-order chi connectivity index (χ0) is 14.5. The molecular formula is C9H15N3O5S2. The van der Waals surface area contributed by atoms with Gasteiger partial charge in [0, 0.05) is 25.4 Å². The van der Waals surface area contributed by atoms with Gasteiger partial charge < -0.3 is 4.98 Å². The first-order valence-corrected chi connectivity index (χ1v) is 8.71. The van der Waals surface area contributed by atoms with E-state index in [0.717, 1.165) is 18.5 Å². The van der Waals surface area contributed by atoms with Crippen LogP contribution in [0.1, 0.15) is 6.42 Å². The molecule has 1 heterocycles. The highest BCUT2D eigenvalue weighted by atomic mass is 32.2. The summed E-state index contributed by atoms with van der Waals surface area (Å²) >= 11 is 0. The number of aromatic nitrogens is 1. The van der Waals surface area contributed by atoms with Crippen LogP contribution in [0.15, 0.2) is 28.0 Å². The Bertz CT molecular complexity index is 658. The molecule has 1 rings (SSSR count). The smallest absolute Gasteiger partial charge is 0.247 e. The lowest BCUT2D eigenvalue weighted by atomic mass is 10.4. The fraction of sp³-hybridized carbons (Fsp3) is 0.444. The molecule has 0 aliphatic rings. The summed E-state index contributed by atoms with van der Waals surface area (Å²) in [5.41, 5.74) is -0.392. The molecule has 0 spiro atoms. The zero-order valence-electron chi connectivity index (χ0n) is 10.2. The Hall–Kier alpha value is -1.23. The van der Waals surface area contributed by atoms with Crippen LogP contribution in [0, 0.1) is 0 Å². The Balaban J connectivity index is 2.48. The van der Waals surface area contributed by atoms with E-state index < -0.39 is 25.6 Å². The number of pyridine rings is 1. The summed E-state index contributed by atoms with van der Waals surface area (Å²) in [6.07, 6.45) is 2.44. The summed E-state index contributed by atoms with van der Waals surface area (Å²) in [5.74, 6) is 0. The molecule has 0 aromatic carbocycles. The number of sulfonamides is 2. The van der Waals surface area contributed by atoms with Crippen molar-refractivity contribution in [1.82, 2.24) is 14.4 Å². The molecule has 8 nitrogen and oxygen atoms in total. The second-order valence-electron chi connectivity index (χ2n) is 3.81. The molecule has 0 bridgehead atoms. The van der Waals surface area contributed by atoms with Crippen LogP contribution < -0.4 is 15.0 Å². The molecule has 108 valence electrons. The van der Waals surface area contributed by atoms with E-state index in [4.69, 9.17) is 0 Å². The summed E-state index contributed by atoms with van der Waals surface area (Å²) in [5, 5.41) is 0. The van der Waals surface area contributed by atoms with E-state index in [-0.39, 0.29) is 18.0 Å². The van der Waals surface area contributed by atoms with Gasteiger partial charge in [0.1, 0.15) is 0 Å². The fourth-order valence-corrected chi connectivity index (χ4v) is 2.76. The van der Waals surface area contributed by atoms with Crippen molar-refractivity contribution < 1.29 is 16.8 Å². The van der Waals surface area contributed by atoms with Crippen LogP contribution >= 0.6 is 0 Å². The highest BCUT2D eigenvalue weighted by Gasteiger charge is 2.12. The van der Waals surface area contributed by atoms with Crippen LogP contribution in [0.3, 0.4) is 0 Å². The molecular weight excluding hydrogens is 294 g/mol. The van der Waals surface area contributed by atoms with Crippen LogP contribution in [0.25, 0.3) is 0 Å². The van der Waals surface area contributed by atoms with Gasteiger partial charge in [0.05, 0.1) is 11.2 Å². The minimum atomic E-state index is -3.69. The van der Waals surface area contributed by atoms with E-state index in [0.29, 0.717) is 6.42 Å². The third kappa shape index (κ3) is 5.96. The van der Waals surface area contributed by atoms with Gasteiger partial charge in [0.15, 0.2) is 0 Å². The van der Waals surface area contributed by atoms with E-state index >= 15 is 0 Å². The van der Waals surface area contributed by atoms with Crippen molar-refractivity contribution >= 4 is 20.0 Å². The second-order valence-corrected chi connectivity index (χ2v) is 7.41. The van der Waals surface area contributed by atoms with Gasteiger partial charge in [0.25, 0.3) is 0 Å². The lowest BCUT2D eigenvalue weighted by Gasteiger charge is -2.06. The number of hydrogen-bond donors (Lipinski definition) is 3. The van der Waals surface area contributed by atoms with Crippen LogP contribution in [-0.2, 0) is 20.0 Å². The summed E-state index contributed by atoms with van der Waals surface area (Å²) in [4.78, 5) is 13.0. The van der Waals surface area contributed by atoms with Gasteiger partial charge in [-0.2, -0.15) is 0 Å². The molecule has 0 aliphatic heterocycles. The summed E-state index contributed by atoms with van der Waals surface area (Å²) in [7, 11) is -6.95. The molecule has 0 saturated heterocycles. The molecule has 1 aromatic rings. The maximum absolute atomic E-state index is 11.7. The third-order valence-electron chi connectivity index (χ3n) is 2.08. The molecule has 0 unspecified atom stereocenters. The highest BCUT2D eigenvalue weighted by Crippen LogP contribution is 2.03. The van der Waals surface area contributed by atoms with Gasteiger partial charge in [-0.25, -0.2) is 26.3 Å². The SMILES string of the molecule is CS(=O)(=O)NCCCNS(=O)(=O)c1ccc(=O)[nH]c1. The van der Waals surface area contributed by atoms with Crippen molar-refractivity contribution in [2.24, 2.45) is 0 Å². The van der Waals surface area contributed by atoms with E-state index in [9.17, 15) is 21.6 Å². The zero-order valence-corrected chi connectivity index (χ0v) is 11.8. The second kappa shape index (κ2) is 6.28. The van der Waals surface area contributed by atoms with E-state index in [1.807, 2.05) is 0 Å². The first-order chi connectivity index (χ1) is 8.71. The summed E-state index contributed by atoms with van der Waals surface area (Å²) in [6.45, 7) is 0.233. The Kier molecular flexibility index (Phi) is 5.23.